The summed E-state index contributed by atoms with van der Waals surface area (Å²) in [6.07, 6.45) is 4.70. The van der Waals surface area contributed by atoms with Gasteiger partial charge in [0, 0.05) is 5.40 Å². The third-order valence-corrected chi connectivity index (χ3v) is 11.2. The molecule has 0 radical (unpaired) electrons. The first-order valence-electron chi connectivity index (χ1n) is 10.3. The predicted octanol–water partition coefficient (Wildman–Crippen LogP) is 6.15. The molecule has 0 saturated heterocycles. The predicted molar refractivity (Wildman–Crippen MR) is 137 cm³/mol. The molecule has 0 atom stereocenters. The van der Waals surface area contributed by atoms with E-state index in [1.54, 1.807) is 0 Å². The van der Waals surface area contributed by atoms with Gasteiger partial charge in [-0.25, -0.2) is 0 Å². The molecule has 0 unspecified atom stereocenters. The molecule has 0 aliphatic carbocycles. The molecule has 4 aromatic carbocycles. The zero-order valence-electron chi connectivity index (χ0n) is 17.2. The molecule has 0 amide bonds. The maximum absolute atomic E-state index is 2.46. The lowest BCUT2D eigenvalue weighted by molar-refractivity contribution is 1.54. The van der Waals surface area contributed by atoms with Gasteiger partial charge in [-0.3, -0.25) is 0 Å². The second-order valence-electron chi connectivity index (χ2n) is 7.02. The smallest absolute Gasteiger partial charge is 0.0334 e. The van der Waals surface area contributed by atoms with Gasteiger partial charge in [-0.15, -0.1) is 0 Å². The Kier molecular flexibility index (Phi) is 7.25. The van der Waals surface area contributed by atoms with E-state index in [0.717, 1.165) is 0 Å². The maximum atomic E-state index is 2.46. The van der Waals surface area contributed by atoms with Crippen LogP contribution in [0, 0.1) is 0 Å². The molecule has 0 saturated carbocycles. The average Bonchev–Trinajstić information content (AvgIpc) is 2.82. The molecule has 0 aliphatic rings. The van der Waals surface area contributed by atoms with Gasteiger partial charge in [-0.1, -0.05) is 133 Å². The van der Waals surface area contributed by atoms with Crippen molar-refractivity contribution in [2.45, 2.75) is 12.3 Å². The molecule has 0 aliphatic heterocycles. The number of rotatable bonds is 7. The molecular formula is C28H26P2. The molecular weight excluding hydrogens is 398 g/mol. The lowest BCUT2D eigenvalue weighted by atomic mass is 10.4. The largest absolute Gasteiger partial charge is 0.0906 e. The third kappa shape index (κ3) is 4.79. The molecule has 0 N–H and O–H groups in total. The van der Waals surface area contributed by atoms with Crippen molar-refractivity contribution in [3.05, 3.63) is 133 Å². The second-order valence-corrected chi connectivity index (χ2v) is 12.1. The monoisotopic (exact) mass is 424 g/mol. The van der Waals surface area contributed by atoms with E-state index < -0.39 is 15.8 Å². The van der Waals surface area contributed by atoms with Crippen LogP contribution in [0.2, 0.25) is 0 Å². The molecule has 0 aromatic heterocycles. The Morgan fingerprint density at radius 1 is 0.467 bits per heavy atom. The van der Waals surface area contributed by atoms with Crippen LogP contribution in [0.1, 0.15) is 6.92 Å². The topological polar surface area (TPSA) is 0 Å². The highest BCUT2D eigenvalue weighted by atomic mass is 31.2. The minimum atomic E-state index is -0.565. The van der Waals surface area contributed by atoms with Crippen molar-refractivity contribution < 1.29 is 0 Å². The van der Waals surface area contributed by atoms with Crippen molar-refractivity contribution in [1.29, 1.82) is 0 Å². The summed E-state index contributed by atoms with van der Waals surface area (Å²) in [6.45, 7) is 2.15. The highest BCUT2D eigenvalue weighted by Crippen LogP contribution is 2.56. The second kappa shape index (κ2) is 10.5. The van der Waals surface area contributed by atoms with Gasteiger partial charge in [0.2, 0.25) is 0 Å². The van der Waals surface area contributed by atoms with E-state index in [2.05, 4.69) is 140 Å². The molecule has 0 fully saturated rings. The summed E-state index contributed by atoms with van der Waals surface area (Å²) in [5, 5.41) is 6.14. The standard InChI is InChI=1S/C28H26P2/c1-2-15-28(29(24-16-7-3-8-17-24)25-18-9-4-10-19-25)30(26-20-11-5-12-21-26)27-22-13-6-14-23-27/h2-23,28H,1H3/b15-2+. The lowest BCUT2D eigenvalue weighted by Crippen LogP contribution is -2.26. The Morgan fingerprint density at radius 2 is 0.733 bits per heavy atom. The van der Waals surface area contributed by atoms with Crippen molar-refractivity contribution in [3.8, 4) is 0 Å². The number of hydrogen-bond acceptors (Lipinski definition) is 0. The van der Waals surface area contributed by atoms with E-state index in [0.29, 0.717) is 5.40 Å². The van der Waals surface area contributed by atoms with Crippen LogP contribution in [0.3, 0.4) is 0 Å². The Hall–Kier alpha value is -2.52. The molecule has 148 valence electrons. The SMILES string of the molecule is C/C=C/C(P(c1ccccc1)c1ccccc1)P(c1ccccc1)c1ccccc1. The van der Waals surface area contributed by atoms with Crippen LogP contribution in [0.4, 0.5) is 0 Å². The number of allylic oxidation sites excluding steroid dienone is 2. The number of benzene rings is 4. The summed E-state index contributed by atoms with van der Waals surface area (Å²) in [5.74, 6) is 0. The quantitative estimate of drug-likeness (QED) is 0.246. The molecule has 30 heavy (non-hydrogen) atoms. The zero-order chi connectivity index (χ0) is 20.6. The van der Waals surface area contributed by atoms with Crippen molar-refractivity contribution in [1.82, 2.24) is 0 Å². The summed E-state index contributed by atoms with van der Waals surface area (Å²) in [5.41, 5.74) is 0. The molecule has 0 nitrogen and oxygen atoms in total. The Bertz CT molecular complexity index is 883. The minimum Gasteiger partial charge on any atom is -0.0906 e. The van der Waals surface area contributed by atoms with Gasteiger partial charge < -0.3 is 0 Å². The fraction of sp³-hybridized carbons (Fsp3) is 0.0714. The molecule has 4 aromatic rings. The van der Waals surface area contributed by atoms with Gasteiger partial charge >= 0.3 is 0 Å². The van der Waals surface area contributed by atoms with Crippen LogP contribution < -0.4 is 21.2 Å². The van der Waals surface area contributed by atoms with Crippen molar-refractivity contribution >= 4 is 37.1 Å². The fourth-order valence-corrected chi connectivity index (χ4v) is 10.7. The van der Waals surface area contributed by atoms with E-state index in [9.17, 15) is 0 Å². The highest BCUT2D eigenvalue weighted by molar-refractivity contribution is 7.89. The van der Waals surface area contributed by atoms with E-state index in [1.807, 2.05) is 0 Å². The van der Waals surface area contributed by atoms with Crippen molar-refractivity contribution in [2.24, 2.45) is 0 Å². The van der Waals surface area contributed by atoms with Crippen LogP contribution >= 0.6 is 15.8 Å². The van der Waals surface area contributed by atoms with E-state index in [-0.39, 0.29) is 0 Å². The molecule has 4 rings (SSSR count). The lowest BCUT2D eigenvalue weighted by Gasteiger charge is -2.34. The van der Waals surface area contributed by atoms with Gasteiger partial charge in [0.15, 0.2) is 0 Å². The van der Waals surface area contributed by atoms with Crippen molar-refractivity contribution in [2.75, 3.05) is 0 Å². The normalized spacial score (nSPS) is 11.6. The summed E-state index contributed by atoms with van der Waals surface area (Å²) in [7, 11) is -1.13. The first kappa shape index (κ1) is 20.7. The van der Waals surface area contributed by atoms with E-state index >= 15 is 0 Å². The van der Waals surface area contributed by atoms with Gasteiger partial charge in [0.05, 0.1) is 0 Å². The maximum Gasteiger partial charge on any atom is 0.0334 e. The van der Waals surface area contributed by atoms with Crippen LogP contribution in [0.5, 0.6) is 0 Å². The Balaban J connectivity index is 1.92. The first-order valence-corrected chi connectivity index (χ1v) is 13.1. The summed E-state index contributed by atoms with van der Waals surface area (Å²) in [4.78, 5) is 0. The Labute approximate surface area is 182 Å². The highest BCUT2D eigenvalue weighted by Gasteiger charge is 2.31. The van der Waals surface area contributed by atoms with Crippen LogP contribution in [-0.4, -0.2) is 5.40 Å². The van der Waals surface area contributed by atoms with Crippen LogP contribution in [0.15, 0.2) is 133 Å². The molecule has 2 heteroatoms. The minimum absolute atomic E-state index is 0.412. The molecule has 0 bridgehead atoms. The number of hydrogen-bond donors (Lipinski definition) is 0. The average molecular weight is 424 g/mol. The van der Waals surface area contributed by atoms with Gasteiger partial charge in [-0.2, -0.15) is 0 Å². The van der Waals surface area contributed by atoms with E-state index in [1.165, 1.54) is 21.2 Å². The Morgan fingerprint density at radius 3 is 0.967 bits per heavy atom. The van der Waals surface area contributed by atoms with Crippen molar-refractivity contribution in [3.63, 3.8) is 0 Å². The van der Waals surface area contributed by atoms with Crippen LogP contribution in [0.25, 0.3) is 0 Å². The fourth-order valence-electron chi connectivity index (χ4n) is 3.72. The van der Waals surface area contributed by atoms with Gasteiger partial charge in [-0.05, 0) is 44.0 Å². The van der Waals surface area contributed by atoms with Gasteiger partial charge in [0.1, 0.15) is 0 Å². The van der Waals surface area contributed by atoms with Crippen LogP contribution in [-0.2, 0) is 0 Å². The molecule has 0 spiro atoms. The van der Waals surface area contributed by atoms with E-state index in [4.69, 9.17) is 0 Å². The summed E-state index contributed by atoms with van der Waals surface area (Å²) < 4.78 is 0. The first-order chi connectivity index (χ1) is 14.9. The summed E-state index contributed by atoms with van der Waals surface area (Å²) in [6, 6.07) is 44.3. The molecule has 0 heterocycles. The third-order valence-electron chi connectivity index (χ3n) is 5.03. The summed E-state index contributed by atoms with van der Waals surface area (Å²) >= 11 is 0. The van der Waals surface area contributed by atoms with Gasteiger partial charge in [0.25, 0.3) is 0 Å². The zero-order valence-corrected chi connectivity index (χ0v) is 19.0.